The van der Waals surface area contributed by atoms with Crippen LogP contribution in [0.4, 0.5) is 8.78 Å². The van der Waals surface area contributed by atoms with Gasteiger partial charge in [0, 0.05) is 12.1 Å². The van der Waals surface area contributed by atoms with Crippen LogP contribution in [0.3, 0.4) is 0 Å². The van der Waals surface area contributed by atoms with Gasteiger partial charge in [0.25, 0.3) is 0 Å². The molecule has 1 rings (SSSR count). The fourth-order valence-electron chi connectivity index (χ4n) is 1.87. The third kappa shape index (κ3) is 3.27. The molecule has 15 heavy (non-hydrogen) atoms. The van der Waals surface area contributed by atoms with Gasteiger partial charge in [0.2, 0.25) is 0 Å². The largest absolute Gasteiger partial charge is 0.328 e. The zero-order valence-electron chi connectivity index (χ0n) is 9.35. The first-order valence-corrected chi connectivity index (χ1v) is 5.03. The molecule has 1 aromatic rings. The molecule has 0 saturated heterocycles. The molecule has 1 aromatic carbocycles. The molecule has 0 aliphatic heterocycles. The molecule has 0 aromatic heterocycles. The van der Waals surface area contributed by atoms with Gasteiger partial charge in [0.1, 0.15) is 11.6 Å². The maximum Gasteiger partial charge on any atom is 0.126 e. The number of hydrogen-bond donors (Lipinski definition) is 1. The van der Waals surface area contributed by atoms with Crippen molar-refractivity contribution in [2.75, 3.05) is 0 Å². The van der Waals surface area contributed by atoms with Crippen molar-refractivity contribution in [1.29, 1.82) is 0 Å². The van der Waals surface area contributed by atoms with Gasteiger partial charge in [0.15, 0.2) is 0 Å². The molecule has 0 aliphatic carbocycles. The molecule has 1 unspecified atom stereocenters. The van der Waals surface area contributed by atoms with E-state index in [0.29, 0.717) is 12.0 Å². The van der Waals surface area contributed by atoms with E-state index in [1.54, 1.807) is 0 Å². The van der Waals surface area contributed by atoms with Gasteiger partial charge in [-0.3, -0.25) is 0 Å². The summed E-state index contributed by atoms with van der Waals surface area (Å²) in [7, 11) is 0. The Morgan fingerprint density at radius 1 is 1.20 bits per heavy atom. The molecule has 2 N–H and O–H groups in total. The monoisotopic (exact) mass is 213 g/mol. The molecular formula is C12H17F2N. The first-order chi connectivity index (χ1) is 6.81. The average Bonchev–Trinajstić information content (AvgIpc) is 1.99. The van der Waals surface area contributed by atoms with Gasteiger partial charge in [-0.15, -0.1) is 0 Å². The molecule has 0 fully saturated rings. The third-order valence-corrected chi connectivity index (χ3v) is 2.48. The highest BCUT2D eigenvalue weighted by Crippen LogP contribution is 2.29. The van der Waals surface area contributed by atoms with Crippen LogP contribution in [0, 0.1) is 11.6 Å². The maximum atomic E-state index is 13.0. The van der Waals surface area contributed by atoms with Crippen LogP contribution >= 0.6 is 0 Å². The second kappa shape index (κ2) is 4.27. The third-order valence-electron chi connectivity index (χ3n) is 2.48. The van der Waals surface area contributed by atoms with Crippen molar-refractivity contribution in [3.8, 4) is 0 Å². The van der Waals surface area contributed by atoms with Gasteiger partial charge in [-0.1, -0.05) is 13.8 Å². The SMILES string of the molecule is CC(N)CC(C)(C)c1cc(F)cc(F)c1. The summed E-state index contributed by atoms with van der Waals surface area (Å²) in [4.78, 5) is 0. The van der Waals surface area contributed by atoms with E-state index >= 15 is 0 Å². The highest BCUT2D eigenvalue weighted by atomic mass is 19.1. The van der Waals surface area contributed by atoms with Gasteiger partial charge in [-0.25, -0.2) is 8.78 Å². The molecule has 0 saturated carbocycles. The van der Waals surface area contributed by atoms with Crippen molar-refractivity contribution in [3.05, 3.63) is 35.4 Å². The first kappa shape index (κ1) is 12.1. The van der Waals surface area contributed by atoms with Crippen LogP contribution in [0.1, 0.15) is 32.8 Å². The van der Waals surface area contributed by atoms with E-state index in [9.17, 15) is 8.78 Å². The van der Waals surface area contributed by atoms with Crippen LogP contribution in [0.5, 0.6) is 0 Å². The molecular weight excluding hydrogens is 196 g/mol. The molecule has 1 nitrogen and oxygen atoms in total. The average molecular weight is 213 g/mol. The summed E-state index contributed by atoms with van der Waals surface area (Å²) in [6, 6.07) is 3.62. The Kier molecular flexibility index (Phi) is 3.45. The lowest BCUT2D eigenvalue weighted by Crippen LogP contribution is -2.28. The van der Waals surface area contributed by atoms with Crippen molar-refractivity contribution >= 4 is 0 Å². The summed E-state index contributed by atoms with van der Waals surface area (Å²) in [5, 5.41) is 0. The van der Waals surface area contributed by atoms with Crippen LogP contribution in [-0.4, -0.2) is 6.04 Å². The lowest BCUT2D eigenvalue weighted by molar-refractivity contribution is 0.431. The van der Waals surface area contributed by atoms with Gasteiger partial charge >= 0.3 is 0 Å². The van der Waals surface area contributed by atoms with Crippen molar-refractivity contribution in [2.24, 2.45) is 5.73 Å². The van der Waals surface area contributed by atoms with Gasteiger partial charge in [0.05, 0.1) is 0 Å². The number of hydrogen-bond acceptors (Lipinski definition) is 1. The minimum absolute atomic E-state index is 0.00586. The predicted octanol–water partition coefficient (Wildman–Crippen LogP) is 2.98. The highest BCUT2D eigenvalue weighted by molar-refractivity contribution is 5.25. The lowest BCUT2D eigenvalue weighted by Gasteiger charge is -2.27. The molecule has 1 atom stereocenters. The second-order valence-corrected chi connectivity index (χ2v) is 4.72. The summed E-state index contributed by atoms with van der Waals surface area (Å²) in [6.07, 6.45) is 0.690. The summed E-state index contributed by atoms with van der Waals surface area (Å²) in [6.45, 7) is 5.76. The van der Waals surface area contributed by atoms with Crippen LogP contribution in [-0.2, 0) is 5.41 Å². The van der Waals surface area contributed by atoms with Crippen LogP contribution in [0.15, 0.2) is 18.2 Å². The molecule has 0 aliphatic rings. The molecule has 0 amide bonds. The van der Waals surface area contributed by atoms with Crippen molar-refractivity contribution in [2.45, 2.75) is 38.6 Å². The Balaban J connectivity index is 3.03. The molecule has 0 spiro atoms. The molecule has 3 heteroatoms. The maximum absolute atomic E-state index is 13.0. The molecule has 0 bridgehead atoms. The number of benzene rings is 1. The Hall–Kier alpha value is -0.960. The van der Waals surface area contributed by atoms with Gasteiger partial charge in [-0.2, -0.15) is 0 Å². The summed E-state index contributed by atoms with van der Waals surface area (Å²) in [5.41, 5.74) is 6.05. The fourth-order valence-corrected chi connectivity index (χ4v) is 1.87. The van der Waals surface area contributed by atoms with Crippen LogP contribution in [0.2, 0.25) is 0 Å². The Morgan fingerprint density at radius 2 is 1.67 bits per heavy atom. The van der Waals surface area contributed by atoms with E-state index in [4.69, 9.17) is 5.73 Å². The summed E-state index contributed by atoms with van der Waals surface area (Å²) >= 11 is 0. The summed E-state index contributed by atoms with van der Waals surface area (Å²) < 4.78 is 26.0. The van der Waals surface area contributed by atoms with E-state index in [2.05, 4.69) is 0 Å². The zero-order valence-corrected chi connectivity index (χ0v) is 9.35. The highest BCUT2D eigenvalue weighted by Gasteiger charge is 2.23. The first-order valence-electron chi connectivity index (χ1n) is 5.03. The van der Waals surface area contributed by atoms with E-state index < -0.39 is 11.6 Å². The Labute approximate surface area is 89.3 Å². The normalized spacial score (nSPS) is 14.0. The van der Waals surface area contributed by atoms with Gasteiger partial charge < -0.3 is 5.73 Å². The topological polar surface area (TPSA) is 26.0 Å². The summed E-state index contributed by atoms with van der Waals surface area (Å²) in [5.74, 6) is -1.08. The minimum atomic E-state index is -0.539. The second-order valence-electron chi connectivity index (χ2n) is 4.72. The van der Waals surface area contributed by atoms with E-state index in [-0.39, 0.29) is 11.5 Å². The molecule has 0 heterocycles. The van der Waals surface area contributed by atoms with Crippen molar-refractivity contribution in [1.82, 2.24) is 0 Å². The number of halogens is 2. The van der Waals surface area contributed by atoms with Crippen molar-refractivity contribution in [3.63, 3.8) is 0 Å². The van der Waals surface area contributed by atoms with E-state index in [1.807, 2.05) is 20.8 Å². The van der Waals surface area contributed by atoms with E-state index in [1.165, 1.54) is 12.1 Å². The van der Waals surface area contributed by atoms with Gasteiger partial charge in [-0.05, 0) is 36.5 Å². The minimum Gasteiger partial charge on any atom is -0.328 e. The Morgan fingerprint density at radius 3 is 2.07 bits per heavy atom. The van der Waals surface area contributed by atoms with Crippen LogP contribution < -0.4 is 5.73 Å². The van der Waals surface area contributed by atoms with Crippen molar-refractivity contribution < 1.29 is 8.78 Å². The lowest BCUT2D eigenvalue weighted by atomic mass is 9.79. The smallest absolute Gasteiger partial charge is 0.126 e. The number of nitrogens with two attached hydrogens (primary N) is 1. The standard InChI is InChI=1S/C12H17F2N/c1-8(15)7-12(2,3)9-4-10(13)6-11(14)5-9/h4-6,8H,7,15H2,1-3H3. The quantitative estimate of drug-likeness (QED) is 0.820. The molecule has 84 valence electrons. The zero-order chi connectivity index (χ0) is 11.6. The van der Waals surface area contributed by atoms with E-state index in [0.717, 1.165) is 6.07 Å². The number of rotatable bonds is 3. The Bertz CT molecular complexity index is 325. The van der Waals surface area contributed by atoms with Crippen LogP contribution in [0.25, 0.3) is 0 Å². The predicted molar refractivity (Wildman–Crippen MR) is 57.7 cm³/mol. The fraction of sp³-hybridized carbons (Fsp3) is 0.500. The molecule has 0 radical (unpaired) electrons.